The average Bonchev–Trinajstić information content (AvgIpc) is 2.32. The first-order valence-corrected chi connectivity index (χ1v) is 7.40. The lowest BCUT2D eigenvalue weighted by Gasteiger charge is -2.35. The predicted molar refractivity (Wildman–Crippen MR) is 74.9 cm³/mol. The smallest absolute Gasteiger partial charge is 0.0743 e. The van der Waals surface area contributed by atoms with Gasteiger partial charge in [0.05, 0.1) is 6.10 Å². The standard InChI is InChI=1S/C13H18ClNOS/c1-15-6-7-17-9-12(15)13(16)8-10-2-4-11(14)5-3-10/h2-5,12-13,16H,6-9H2,1H3. The maximum atomic E-state index is 10.3. The van der Waals surface area contributed by atoms with Gasteiger partial charge in [-0.2, -0.15) is 11.8 Å². The quantitative estimate of drug-likeness (QED) is 0.913. The van der Waals surface area contributed by atoms with Crippen molar-refractivity contribution < 1.29 is 5.11 Å². The lowest BCUT2D eigenvalue weighted by atomic mass is 10.0. The van der Waals surface area contributed by atoms with E-state index in [1.807, 2.05) is 36.0 Å². The number of hydrogen-bond donors (Lipinski definition) is 1. The Morgan fingerprint density at radius 3 is 2.82 bits per heavy atom. The number of nitrogens with zero attached hydrogens (tertiary/aromatic N) is 1. The zero-order valence-corrected chi connectivity index (χ0v) is 11.5. The van der Waals surface area contributed by atoms with Crippen LogP contribution in [0.15, 0.2) is 24.3 Å². The third-order valence-electron chi connectivity index (χ3n) is 3.25. The van der Waals surface area contributed by atoms with Crippen molar-refractivity contribution in [3.8, 4) is 0 Å². The van der Waals surface area contributed by atoms with Crippen LogP contribution in [0.25, 0.3) is 0 Å². The molecule has 1 fully saturated rings. The van der Waals surface area contributed by atoms with Crippen molar-refractivity contribution in [1.29, 1.82) is 0 Å². The van der Waals surface area contributed by atoms with Crippen molar-refractivity contribution in [3.63, 3.8) is 0 Å². The van der Waals surface area contributed by atoms with E-state index in [9.17, 15) is 5.11 Å². The SMILES string of the molecule is CN1CCSCC1C(O)Cc1ccc(Cl)cc1. The highest BCUT2D eigenvalue weighted by Crippen LogP contribution is 2.20. The van der Waals surface area contributed by atoms with Crippen molar-refractivity contribution >= 4 is 23.4 Å². The van der Waals surface area contributed by atoms with Gasteiger partial charge in [0.15, 0.2) is 0 Å². The van der Waals surface area contributed by atoms with Crippen LogP contribution in [0.4, 0.5) is 0 Å². The number of aliphatic hydroxyl groups excluding tert-OH is 1. The molecule has 0 spiro atoms. The fourth-order valence-corrected chi connectivity index (χ4v) is 3.54. The highest BCUT2D eigenvalue weighted by atomic mass is 35.5. The van der Waals surface area contributed by atoms with E-state index in [0.29, 0.717) is 6.42 Å². The van der Waals surface area contributed by atoms with E-state index >= 15 is 0 Å². The summed E-state index contributed by atoms with van der Waals surface area (Å²) in [5.74, 6) is 2.19. The van der Waals surface area contributed by atoms with Crippen LogP contribution in [0.1, 0.15) is 5.56 Å². The lowest BCUT2D eigenvalue weighted by Crippen LogP contribution is -2.47. The number of likely N-dealkylation sites (N-methyl/N-ethyl adjacent to an activating group) is 1. The molecule has 0 radical (unpaired) electrons. The molecule has 1 heterocycles. The average molecular weight is 272 g/mol. The second-order valence-corrected chi connectivity index (χ2v) is 6.11. The first-order chi connectivity index (χ1) is 8.16. The second-order valence-electron chi connectivity index (χ2n) is 4.52. The Hall–Kier alpha value is -0.220. The van der Waals surface area contributed by atoms with Gasteiger partial charge in [0.1, 0.15) is 0 Å². The van der Waals surface area contributed by atoms with E-state index in [-0.39, 0.29) is 12.1 Å². The highest BCUT2D eigenvalue weighted by Gasteiger charge is 2.26. The van der Waals surface area contributed by atoms with E-state index in [4.69, 9.17) is 11.6 Å². The van der Waals surface area contributed by atoms with Crippen molar-refractivity contribution in [1.82, 2.24) is 4.90 Å². The number of halogens is 1. The van der Waals surface area contributed by atoms with Crippen LogP contribution in [0.3, 0.4) is 0 Å². The van der Waals surface area contributed by atoms with Crippen molar-refractivity contribution in [2.75, 3.05) is 25.1 Å². The van der Waals surface area contributed by atoms with Crippen LogP contribution in [0.2, 0.25) is 5.02 Å². The molecule has 0 amide bonds. The first-order valence-electron chi connectivity index (χ1n) is 5.87. The molecular weight excluding hydrogens is 254 g/mol. The van der Waals surface area contributed by atoms with E-state index in [1.165, 1.54) is 5.75 Å². The molecule has 1 aromatic carbocycles. The number of rotatable bonds is 3. The molecule has 0 aromatic heterocycles. The second kappa shape index (κ2) is 6.10. The summed E-state index contributed by atoms with van der Waals surface area (Å²) in [6, 6.07) is 8.00. The fourth-order valence-electron chi connectivity index (χ4n) is 2.11. The Balaban J connectivity index is 1.95. The Labute approximate surface area is 112 Å². The monoisotopic (exact) mass is 271 g/mol. The van der Waals surface area contributed by atoms with Gasteiger partial charge in [0, 0.05) is 29.1 Å². The third-order valence-corrected chi connectivity index (χ3v) is 4.55. The normalized spacial score (nSPS) is 23.6. The largest absolute Gasteiger partial charge is 0.391 e. The van der Waals surface area contributed by atoms with Crippen LogP contribution >= 0.6 is 23.4 Å². The van der Waals surface area contributed by atoms with E-state index in [1.54, 1.807) is 0 Å². The number of aliphatic hydroxyl groups is 1. The van der Waals surface area contributed by atoms with E-state index in [2.05, 4.69) is 11.9 Å². The molecule has 2 rings (SSSR count). The summed E-state index contributed by atoms with van der Waals surface area (Å²) in [5.41, 5.74) is 1.14. The molecule has 2 atom stereocenters. The molecule has 1 N–H and O–H groups in total. The van der Waals surface area contributed by atoms with Crippen molar-refractivity contribution in [2.24, 2.45) is 0 Å². The third kappa shape index (κ3) is 3.62. The molecule has 0 saturated carbocycles. The lowest BCUT2D eigenvalue weighted by molar-refractivity contribution is 0.0763. The molecule has 2 unspecified atom stereocenters. The van der Waals surface area contributed by atoms with Crippen LogP contribution in [0.5, 0.6) is 0 Å². The minimum absolute atomic E-state index is 0.268. The number of thioether (sulfide) groups is 1. The summed E-state index contributed by atoms with van der Waals surface area (Å²) in [5, 5.41) is 11.0. The van der Waals surface area contributed by atoms with Gasteiger partial charge in [-0.3, -0.25) is 4.90 Å². The Bertz CT molecular complexity index is 357. The summed E-state index contributed by atoms with van der Waals surface area (Å²) < 4.78 is 0. The Morgan fingerprint density at radius 1 is 1.47 bits per heavy atom. The van der Waals surface area contributed by atoms with Gasteiger partial charge in [-0.05, 0) is 31.2 Å². The summed E-state index contributed by atoms with van der Waals surface area (Å²) in [4.78, 5) is 2.26. The van der Waals surface area contributed by atoms with Gasteiger partial charge >= 0.3 is 0 Å². The summed E-state index contributed by atoms with van der Waals surface area (Å²) in [7, 11) is 2.09. The highest BCUT2D eigenvalue weighted by molar-refractivity contribution is 7.99. The minimum Gasteiger partial charge on any atom is -0.391 e. The van der Waals surface area contributed by atoms with E-state index < -0.39 is 0 Å². The van der Waals surface area contributed by atoms with Crippen molar-refractivity contribution in [2.45, 2.75) is 18.6 Å². The molecule has 1 saturated heterocycles. The van der Waals surface area contributed by atoms with Gasteiger partial charge in [0.2, 0.25) is 0 Å². The molecule has 4 heteroatoms. The molecule has 2 nitrogen and oxygen atoms in total. The number of hydrogen-bond acceptors (Lipinski definition) is 3. The molecule has 0 bridgehead atoms. The van der Waals surface area contributed by atoms with Crippen molar-refractivity contribution in [3.05, 3.63) is 34.9 Å². The topological polar surface area (TPSA) is 23.5 Å². The Kier molecular flexibility index (Phi) is 4.74. The van der Waals surface area contributed by atoms with Crippen LogP contribution in [-0.4, -0.2) is 47.3 Å². The maximum Gasteiger partial charge on any atom is 0.0743 e. The molecule has 1 aliphatic heterocycles. The summed E-state index contributed by atoms with van der Waals surface area (Å²) in [6.45, 7) is 1.06. The minimum atomic E-state index is -0.297. The molecule has 0 aliphatic carbocycles. The summed E-state index contributed by atoms with van der Waals surface area (Å²) in [6.07, 6.45) is 0.404. The first kappa shape index (κ1) is 13.2. The predicted octanol–water partition coefficient (Wildman–Crippen LogP) is 2.29. The van der Waals surface area contributed by atoms with Gasteiger partial charge < -0.3 is 5.11 Å². The van der Waals surface area contributed by atoms with Crippen LogP contribution < -0.4 is 0 Å². The molecule has 1 aliphatic rings. The molecule has 17 heavy (non-hydrogen) atoms. The molecular formula is C13H18ClNOS. The zero-order valence-electron chi connectivity index (χ0n) is 9.97. The fraction of sp³-hybridized carbons (Fsp3) is 0.538. The molecule has 94 valence electrons. The Morgan fingerprint density at radius 2 is 2.18 bits per heavy atom. The van der Waals surface area contributed by atoms with Gasteiger partial charge in [-0.25, -0.2) is 0 Å². The van der Waals surface area contributed by atoms with E-state index in [0.717, 1.165) is 22.9 Å². The van der Waals surface area contributed by atoms with Crippen LogP contribution in [-0.2, 0) is 6.42 Å². The van der Waals surface area contributed by atoms with Gasteiger partial charge in [0.25, 0.3) is 0 Å². The molecule has 1 aromatic rings. The maximum absolute atomic E-state index is 10.3. The van der Waals surface area contributed by atoms with Crippen LogP contribution in [0, 0.1) is 0 Å². The van der Waals surface area contributed by atoms with Gasteiger partial charge in [-0.1, -0.05) is 23.7 Å². The zero-order chi connectivity index (χ0) is 12.3. The summed E-state index contributed by atoms with van der Waals surface area (Å²) >= 11 is 7.77. The van der Waals surface area contributed by atoms with Gasteiger partial charge in [-0.15, -0.1) is 0 Å². The number of benzene rings is 1.